The van der Waals surface area contributed by atoms with Gasteiger partial charge < -0.3 is 16.0 Å². The van der Waals surface area contributed by atoms with Gasteiger partial charge in [-0.2, -0.15) is 0 Å². The van der Waals surface area contributed by atoms with E-state index in [0.717, 1.165) is 31.5 Å². The summed E-state index contributed by atoms with van der Waals surface area (Å²) in [5.74, 6) is -0.181. The van der Waals surface area contributed by atoms with Gasteiger partial charge in [-0.15, -0.1) is 0 Å². The number of nitrogen functional groups attached to an aromatic ring is 1. The number of nitrogens with two attached hydrogens (primary N) is 1. The van der Waals surface area contributed by atoms with E-state index in [4.69, 9.17) is 5.73 Å². The molecule has 0 saturated carbocycles. The van der Waals surface area contributed by atoms with Crippen molar-refractivity contribution in [3.05, 3.63) is 29.8 Å². The molecule has 1 aromatic carbocycles. The highest BCUT2D eigenvalue weighted by molar-refractivity contribution is 5.88. The monoisotopic (exact) mass is 275 g/mol. The number of carbonyl (C=O) groups excluding carboxylic acids is 2. The van der Waals surface area contributed by atoms with Gasteiger partial charge in [-0.1, -0.05) is 18.2 Å². The maximum atomic E-state index is 12.1. The topological polar surface area (TPSA) is 75.4 Å². The first kappa shape index (κ1) is 14.4. The largest absolute Gasteiger partial charge is 0.398 e. The van der Waals surface area contributed by atoms with E-state index in [-0.39, 0.29) is 18.2 Å². The van der Waals surface area contributed by atoms with E-state index >= 15 is 0 Å². The quantitative estimate of drug-likeness (QED) is 0.803. The molecule has 108 valence electrons. The highest BCUT2D eigenvalue weighted by Gasteiger charge is 2.24. The molecule has 1 aromatic rings. The second kappa shape index (κ2) is 6.41. The highest BCUT2D eigenvalue weighted by atomic mass is 16.2. The molecule has 0 aromatic heterocycles. The Balaban J connectivity index is 1.87. The third kappa shape index (κ3) is 3.50. The van der Waals surface area contributed by atoms with Crippen molar-refractivity contribution in [3.63, 3.8) is 0 Å². The summed E-state index contributed by atoms with van der Waals surface area (Å²) in [6.07, 6.45) is 2.30. The summed E-state index contributed by atoms with van der Waals surface area (Å²) in [6, 6.07) is 6.78. The Bertz CT molecular complexity index is 496. The molecule has 3 N–H and O–H groups in total. The Morgan fingerprint density at radius 1 is 1.30 bits per heavy atom. The average Bonchev–Trinajstić information content (AvgIpc) is 2.94. The molecule has 1 aliphatic rings. The van der Waals surface area contributed by atoms with Gasteiger partial charge in [0.15, 0.2) is 0 Å². The van der Waals surface area contributed by atoms with Crippen LogP contribution in [-0.4, -0.2) is 35.8 Å². The van der Waals surface area contributed by atoms with Crippen LogP contribution in [0.3, 0.4) is 0 Å². The molecule has 0 spiro atoms. The minimum Gasteiger partial charge on any atom is -0.398 e. The summed E-state index contributed by atoms with van der Waals surface area (Å²) in [6.45, 7) is 3.32. The van der Waals surface area contributed by atoms with Crippen LogP contribution in [0.15, 0.2) is 24.3 Å². The normalized spacial score (nSPS) is 15.9. The number of carbonyl (C=O) groups is 2. The van der Waals surface area contributed by atoms with Gasteiger partial charge in [-0.25, -0.2) is 0 Å². The van der Waals surface area contributed by atoms with Crippen molar-refractivity contribution in [2.75, 3.05) is 18.8 Å². The number of likely N-dealkylation sites (tertiary alicyclic amines) is 1. The summed E-state index contributed by atoms with van der Waals surface area (Å²) in [4.78, 5) is 25.9. The van der Waals surface area contributed by atoms with Crippen LogP contribution in [0.4, 0.5) is 5.69 Å². The Kier molecular flexibility index (Phi) is 4.61. The third-order valence-electron chi connectivity index (χ3n) is 3.57. The first-order valence-corrected chi connectivity index (χ1v) is 6.99. The van der Waals surface area contributed by atoms with Crippen molar-refractivity contribution in [1.82, 2.24) is 10.2 Å². The van der Waals surface area contributed by atoms with Crippen LogP contribution in [0, 0.1) is 0 Å². The Morgan fingerprint density at radius 3 is 2.60 bits per heavy atom. The summed E-state index contributed by atoms with van der Waals surface area (Å²) in [5, 5.41) is 2.75. The number of rotatable bonds is 4. The fourth-order valence-electron chi connectivity index (χ4n) is 2.43. The first-order chi connectivity index (χ1) is 9.58. The van der Waals surface area contributed by atoms with E-state index in [1.54, 1.807) is 13.0 Å². The molecule has 1 unspecified atom stereocenters. The van der Waals surface area contributed by atoms with Crippen LogP contribution in [-0.2, 0) is 16.0 Å². The van der Waals surface area contributed by atoms with E-state index in [1.165, 1.54) is 0 Å². The van der Waals surface area contributed by atoms with Crippen LogP contribution in [0.2, 0.25) is 0 Å². The van der Waals surface area contributed by atoms with Crippen molar-refractivity contribution < 1.29 is 9.59 Å². The van der Waals surface area contributed by atoms with E-state index in [1.807, 2.05) is 23.1 Å². The van der Waals surface area contributed by atoms with Crippen molar-refractivity contribution in [3.8, 4) is 0 Å². The molecule has 20 heavy (non-hydrogen) atoms. The van der Waals surface area contributed by atoms with Gasteiger partial charge in [0.2, 0.25) is 11.8 Å². The fraction of sp³-hybridized carbons (Fsp3) is 0.467. The number of nitrogens with zero attached hydrogens (tertiary/aromatic N) is 1. The second-order valence-corrected chi connectivity index (χ2v) is 5.20. The molecule has 0 aliphatic carbocycles. The van der Waals surface area contributed by atoms with Crippen LogP contribution in [0.1, 0.15) is 25.3 Å². The Hall–Kier alpha value is -2.04. The van der Waals surface area contributed by atoms with Crippen LogP contribution < -0.4 is 11.1 Å². The molecule has 1 aliphatic heterocycles. The van der Waals surface area contributed by atoms with Crippen molar-refractivity contribution in [2.24, 2.45) is 0 Å². The molecule has 0 radical (unpaired) electrons. The van der Waals surface area contributed by atoms with Gasteiger partial charge in [0.1, 0.15) is 6.04 Å². The standard InChI is InChI=1S/C15H21N3O2/c1-11(15(20)18-8-4-5-9-18)17-14(19)10-12-6-2-3-7-13(12)16/h2-3,6-7,11H,4-5,8-10,16H2,1H3,(H,17,19). The molecule has 1 saturated heterocycles. The lowest BCUT2D eigenvalue weighted by atomic mass is 10.1. The minimum atomic E-state index is -0.481. The lowest BCUT2D eigenvalue weighted by Crippen LogP contribution is -2.46. The van der Waals surface area contributed by atoms with Gasteiger partial charge in [0.25, 0.3) is 0 Å². The maximum Gasteiger partial charge on any atom is 0.244 e. The van der Waals surface area contributed by atoms with Crippen molar-refractivity contribution in [1.29, 1.82) is 0 Å². The number of amides is 2. The predicted molar refractivity (Wildman–Crippen MR) is 78.0 cm³/mol. The smallest absolute Gasteiger partial charge is 0.244 e. The predicted octanol–water partition coefficient (Wildman–Crippen LogP) is 0.938. The van der Waals surface area contributed by atoms with Crippen LogP contribution in [0.25, 0.3) is 0 Å². The molecule has 5 nitrogen and oxygen atoms in total. The summed E-state index contributed by atoms with van der Waals surface area (Å²) >= 11 is 0. The van der Waals surface area contributed by atoms with Gasteiger partial charge >= 0.3 is 0 Å². The Morgan fingerprint density at radius 2 is 1.95 bits per heavy atom. The van der Waals surface area contributed by atoms with Crippen LogP contribution in [0.5, 0.6) is 0 Å². The minimum absolute atomic E-state index is 0.00289. The van der Waals surface area contributed by atoms with Gasteiger partial charge in [-0.05, 0) is 31.4 Å². The lowest BCUT2D eigenvalue weighted by Gasteiger charge is -2.21. The average molecular weight is 275 g/mol. The molecule has 1 atom stereocenters. The van der Waals surface area contributed by atoms with Crippen molar-refractivity contribution in [2.45, 2.75) is 32.2 Å². The van der Waals surface area contributed by atoms with Gasteiger partial charge in [0, 0.05) is 18.8 Å². The molecule has 1 heterocycles. The van der Waals surface area contributed by atoms with E-state index in [9.17, 15) is 9.59 Å². The summed E-state index contributed by atoms with van der Waals surface area (Å²) in [7, 11) is 0. The number of hydrogen-bond acceptors (Lipinski definition) is 3. The van der Waals surface area contributed by atoms with E-state index < -0.39 is 6.04 Å². The van der Waals surface area contributed by atoms with Gasteiger partial charge in [-0.3, -0.25) is 9.59 Å². The zero-order chi connectivity index (χ0) is 14.5. The summed E-state index contributed by atoms with van der Waals surface area (Å²) in [5.41, 5.74) is 7.19. The highest BCUT2D eigenvalue weighted by Crippen LogP contribution is 2.12. The fourth-order valence-corrected chi connectivity index (χ4v) is 2.43. The molecule has 1 fully saturated rings. The number of para-hydroxylation sites is 1. The lowest BCUT2D eigenvalue weighted by molar-refractivity contribution is -0.134. The zero-order valence-corrected chi connectivity index (χ0v) is 11.8. The molecule has 5 heteroatoms. The number of hydrogen-bond donors (Lipinski definition) is 2. The maximum absolute atomic E-state index is 12.1. The summed E-state index contributed by atoms with van der Waals surface area (Å²) < 4.78 is 0. The molecule has 2 amide bonds. The SMILES string of the molecule is CC(NC(=O)Cc1ccccc1N)C(=O)N1CCCC1. The van der Waals surface area contributed by atoms with E-state index in [0.29, 0.717) is 5.69 Å². The second-order valence-electron chi connectivity index (χ2n) is 5.20. The third-order valence-corrected chi connectivity index (χ3v) is 3.57. The van der Waals surface area contributed by atoms with Crippen molar-refractivity contribution >= 4 is 17.5 Å². The molecule has 2 rings (SSSR count). The van der Waals surface area contributed by atoms with Crippen LogP contribution >= 0.6 is 0 Å². The molecular weight excluding hydrogens is 254 g/mol. The van der Waals surface area contributed by atoms with E-state index in [2.05, 4.69) is 5.32 Å². The molecule has 0 bridgehead atoms. The number of anilines is 1. The first-order valence-electron chi connectivity index (χ1n) is 6.99. The number of nitrogens with one attached hydrogen (secondary N) is 1. The zero-order valence-electron chi connectivity index (χ0n) is 11.8. The Labute approximate surface area is 119 Å². The van der Waals surface area contributed by atoms with Gasteiger partial charge in [0.05, 0.1) is 6.42 Å². The number of benzene rings is 1. The molecular formula is C15H21N3O2.